The Hall–Kier alpha value is -2.51. The number of halogens is 2. The van der Waals surface area contributed by atoms with Gasteiger partial charge in [-0.1, -0.05) is 23.4 Å². The van der Waals surface area contributed by atoms with Crippen LogP contribution in [0.2, 0.25) is 0 Å². The Morgan fingerprint density at radius 2 is 2.29 bits per heavy atom. The van der Waals surface area contributed by atoms with Gasteiger partial charge in [0.05, 0.1) is 12.2 Å². The quantitative estimate of drug-likeness (QED) is 0.934. The van der Waals surface area contributed by atoms with Crippen LogP contribution >= 0.6 is 0 Å². The summed E-state index contributed by atoms with van der Waals surface area (Å²) in [7, 11) is 0. The number of benzene rings is 1. The van der Waals surface area contributed by atoms with Crippen molar-refractivity contribution >= 4 is 6.03 Å². The first-order chi connectivity index (χ1) is 11.6. The van der Waals surface area contributed by atoms with E-state index in [2.05, 4.69) is 15.6 Å². The Labute approximate surface area is 138 Å². The Bertz CT molecular complexity index is 677. The molecule has 0 aliphatic carbocycles. The second-order valence-corrected chi connectivity index (χ2v) is 5.83. The fraction of sp³-hybridized carbons (Fsp3) is 0.438. The highest BCUT2D eigenvalue weighted by Gasteiger charge is 2.25. The monoisotopic (exact) mass is 335 g/mol. The van der Waals surface area contributed by atoms with Gasteiger partial charge in [-0.05, 0) is 24.5 Å². The van der Waals surface area contributed by atoms with Crippen LogP contribution < -0.4 is 5.32 Å². The maximum Gasteiger partial charge on any atom is 0.317 e. The van der Waals surface area contributed by atoms with Crippen molar-refractivity contribution < 1.29 is 13.6 Å². The predicted octanol–water partition coefficient (Wildman–Crippen LogP) is 2.76. The van der Waals surface area contributed by atoms with Crippen molar-refractivity contribution in [3.05, 3.63) is 47.8 Å². The summed E-state index contributed by atoms with van der Waals surface area (Å²) in [4.78, 5) is 14.1. The molecule has 24 heavy (non-hydrogen) atoms. The number of amides is 2. The van der Waals surface area contributed by atoms with Crippen LogP contribution in [0.3, 0.4) is 0 Å². The van der Waals surface area contributed by atoms with E-state index in [1.165, 1.54) is 12.1 Å². The normalized spacial score (nSPS) is 18.0. The largest absolute Gasteiger partial charge is 0.334 e. The number of likely N-dealkylation sites (tertiary alicyclic amines) is 1. The van der Waals surface area contributed by atoms with Crippen molar-refractivity contribution in [3.8, 4) is 0 Å². The van der Waals surface area contributed by atoms with Gasteiger partial charge in [0.15, 0.2) is 0 Å². The molecule has 1 aromatic heterocycles. The number of hydrogen-bond acceptors (Lipinski definition) is 3. The number of carbonyl (C=O) groups is 1. The number of piperidine rings is 1. The summed E-state index contributed by atoms with van der Waals surface area (Å²) < 4.78 is 27.2. The summed E-state index contributed by atoms with van der Waals surface area (Å²) in [5, 5.41) is 10.6. The van der Waals surface area contributed by atoms with Crippen molar-refractivity contribution in [1.29, 1.82) is 0 Å². The van der Waals surface area contributed by atoms with Crippen molar-refractivity contribution in [2.75, 3.05) is 13.1 Å². The van der Waals surface area contributed by atoms with Crippen molar-refractivity contribution in [2.24, 2.45) is 0 Å². The lowest BCUT2D eigenvalue weighted by molar-refractivity contribution is 0.151. The summed E-state index contributed by atoms with van der Waals surface area (Å²) in [5.41, 5.74) is 0.622. The molecular formula is C16H19F2N5O. The zero-order valence-electron chi connectivity index (χ0n) is 13.1. The molecule has 2 heterocycles. The Morgan fingerprint density at radius 1 is 1.42 bits per heavy atom. The fourth-order valence-corrected chi connectivity index (χ4v) is 2.90. The molecule has 3 rings (SSSR count). The molecule has 0 radical (unpaired) electrons. The molecular weight excluding hydrogens is 316 g/mol. The predicted molar refractivity (Wildman–Crippen MR) is 83.5 cm³/mol. The van der Waals surface area contributed by atoms with Crippen molar-refractivity contribution in [3.63, 3.8) is 0 Å². The molecule has 0 unspecified atom stereocenters. The van der Waals surface area contributed by atoms with Gasteiger partial charge < -0.3 is 10.2 Å². The van der Waals surface area contributed by atoms with E-state index in [4.69, 9.17) is 0 Å². The molecule has 8 heteroatoms. The zero-order valence-corrected chi connectivity index (χ0v) is 13.1. The molecule has 2 amide bonds. The number of urea groups is 1. The highest BCUT2D eigenvalue weighted by molar-refractivity contribution is 5.74. The molecule has 1 N–H and O–H groups in total. The lowest BCUT2D eigenvalue weighted by Gasteiger charge is -2.32. The number of alkyl halides is 2. The van der Waals surface area contributed by atoms with E-state index < -0.39 is 6.43 Å². The van der Waals surface area contributed by atoms with E-state index in [0.29, 0.717) is 18.7 Å². The van der Waals surface area contributed by atoms with Crippen LogP contribution in [-0.2, 0) is 6.54 Å². The first-order valence-electron chi connectivity index (χ1n) is 7.89. The second kappa shape index (κ2) is 7.37. The van der Waals surface area contributed by atoms with E-state index in [-0.39, 0.29) is 24.2 Å². The van der Waals surface area contributed by atoms with Gasteiger partial charge in [-0.15, -0.1) is 5.10 Å². The number of nitrogens with one attached hydrogen (secondary N) is 1. The van der Waals surface area contributed by atoms with Gasteiger partial charge in [0.2, 0.25) is 0 Å². The highest BCUT2D eigenvalue weighted by Crippen LogP contribution is 2.21. The van der Waals surface area contributed by atoms with Crippen molar-refractivity contribution in [2.45, 2.75) is 31.9 Å². The molecule has 0 saturated carbocycles. The van der Waals surface area contributed by atoms with E-state index in [9.17, 15) is 13.6 Å². The van der Waals surface area contributed by atoms with Crippen LogP contribution in [0.5, 0.6) is 0 Å². The number of carbonyl (C=O) groups excluding carboxylic acids is 1. The number of aromatic nitrogens is 3. The standard InChI is InChI=1S/C16H19F2N5O/c17-15(18)13-4-1-3-12(9-13)10-19-16(24)22-7-2-5-14(11-22)23-8-6-20-21-23/h1,3-4,6,8-9,14-15H,2,5,7,10-11H2,(H,19,24)/t14-/m1/s1. The van der Waals surface area contributed by atoms with Gasteiger partial charge in [-0.2, -0.15) is 0 Å². The molecule has 128 valence electrons. The topological polar surface area (TPSA) is 63.1 Å². The maximum atomic E-state index is 12.7. The molecule has 6 nitrogen and oxygen atoms in total. The zero-order chi connectivity index (χ0) is 16.9. The molecule has 1 aromatic carbocycles. The Morgan fingerprint density at radius 3 is 3.04 bits per heavy atom. The van der Waals surface area contributed by atoms with Gasteiger partial charge in [0.1, 0.15) is 0 Å². The SMILES string of the molecule is O=C(NCc1cccc(C(F)F)c1)N1CCC[C@@H](n2ccnn2)C1. The molecule has 2 aromatic rings. The van der Waals surface area contributed by atoms with Crippen molar-refractivity contribution in [1.82, 2.24) is 25.2 Å². The summed E-state index contributed by atoms with van der Waals surface area (Å²) >= 11 is 0. The smallest absolute Gasteiger partial charge is 0.317 e. The van der Waals surface area contributed by atoms with Crippen LogP contribution in [0.4, 0.5) is 13.6 Å². The van der Waals surface area contributed by atoms with Gasteiger partial charge >= 0.3 is 6.03 Å². The minimum atomic E-state index is -2.51. The average Bonchev–Trinajstić information content (AvgIpc) is 3.15. The summed E-state index contributed by atoms with van der Waals surface area (Å²) in [6.07, 6.45) is 2.74. The Kier molecular flexibility index (Phi) is 5.02. The van der Waals surface area contributed by atoms with Crippen LogP contribution in [-0.4, -0.2) is 39.0 Å². The van der Waals surface area contributed by atoms with E-state index >= 15 is 0 Å². The molecule has 1 fully saturated rings. The van der Waals surface area contributed by atoms with Gasteiger partial charge in [-0.25, -0.2) is 18.3 Å². The lowest BCUT2D eigenvalue weighted by Crippen LogP contribution is -2.45. The molecule has 1 aliphatic heterocycles. The van der Waals surface area contributed by atoms with Gasteiger partial charge in [0.25, 0.3) is 6.43 Å². The number of hydrogen-bond donors (Lipinski definition) is 1. The lowest BCUT2D eigenvalue weighted by atomic mass is 10.1. The summed E-state index contributed by atoms with van der Waals surface area (Å²) in [6.45, 7) is 1.46. The minimum absolute atomic E-state index is 0.0361. The molecule has 1 aliphatic rings. The first kappa shape index (κ1) is 16.4. The van der Waals surface area contributed by atoms with Crippen LogP contribution in [0.25, 0.3) is 0 Å². The first-order valence-corrected chi connectivity index (χ1v) is 7.89. The van der Waals surface area contributed by atoms with E-state index in [0.717, 1.165) is 12.8 Å². The molecule has 0 bridgehead atoms. The van der Waals surface area contributed by atoms with Gasteiger partial charge in [-0.3, -0.25) is 0 Å². The van der Waals surface area contributed by atoms with Crippen LogP contribution in [0, 0.1) is 0 Å². The van der Waals surface area contributed by atoms with E-state index in [1.807, 2.05) is 0 Å². The third-order valence-corrected chi connectivity index (χ3v) is 4.15. The third-order valence-electron chi connectivity index (χ3n) is 4.15. The minimum Gasteiger partial charge on any atom is -0.334 e. The van der Waals surface area contributed by atoms with Crippen LogP contribution in [0.15, 0.2) is 36.7 Å². The number of rotatable bonds is 4. The molecule has 0 spiro atoms. The number of nitrogens with zero attached hydrogens (tertiary/aromatic N) is 4. The summed E-state index contributed by atoms with van der Waals surface area (Å²) in [6, 6.07) is 6.02. The Balaban J connectivity index is 1.56. The highest BCUT2D eigenvalue weighted by atomic mass is 19.3. The van der Waals surface area contributed by atoms with E-state index in [1.54, 1.807) is 34.1 Å². The summed E-state index contributed by atoms with van der Waals surface area (Å²) in [5.74, 6) is 0. The molecule has 1 atom stereocenters. The van der Waals surface area contributed by atoms with Crippen LogP contribution in [0.1, 0.15) is 36.4 Å². The molecule has 1 saturated heterocycles. The maximum absolute atomic E-state index is 12.7. The van der Waals surface area contributed by atoms with Gasteiger partial charge in [0, 0.05) is 31.4 Å². The fourth-order valence-electron chi connectivity index (χ4n) is 2.90. The second-order valence-electron chi connectivity index (χ2n) is 5.83. The average molecular weight is 335 g/mol. The third kappa shape index (κ3) is 3.87.